The van der Waals surface area contributed by atoms with Gasteiger partial charge in [0.2, 0.25) is 0 Å². The molecule has 110 valence electrons. The number of imidazole rings is 1. The van der Waals surface area contributed by atoms with Crippen LogP contribution in [0.2, 0.25) is 0 Å². The van der Waals surface area contributed by atoms with E-state index in [1.165, 1.54) is 0 Å². The van der Waals surface area contributed by atoms with Gasteiger partial charge in [-0.15, -0.1) is 0 Å². The molecule has 0 amide bonds. The zero-order valence-corrected chi connectivity index (χ0v) is 11.2. The summed E-state index contributed by atoms with van der Waals surface area (Å²) < 4.78 is 42.0. The summed E-state index contributed by atoms with van der Waals surface area (Å²) in [6, 6.07) is 0. The third-order valence-corrected chi connectivity index (χ3v) is 2.38. The number of hydrogen-bond acceptors (Lipinski definition) is 3. The number of aromatic nitrogens is 2. The Morgan fingerprint density at radius 1 is 1.42 bits per heavy atom. The molecule has 1 aromatic heterocycles. The maximum atomic E-state index is 11.9. The van der Waals surface area contributed by atoms with Crippen molar-refractivity contribution in [2.45, 2.75) is 33.1 Å². The van der Waals surface area contributed by atoms with Gasteiger partial charge in [-0.1, -0.05) is 13.8 Å². The SMILES string of the molecule is CC(C)CNCc1nccn1CCOCC(F)(F)F. The van der Waals surface area contributed by atoms with Crippen LogP contribution in [0.4, 0.5) is 13.2 Å². The minimum atomic E-state index is -4.27. The zero-order chi connectivity index (χ0) is 14.3. The van der Waals surface area contributed by atoms with Crippen molar-refractivity contribution < 1.29 is 17.9 Å². The number of rotatable bonds is 8. The lowest BCUT2D eigenvalue weighted by Gasteiger charge is -2.11. The van der Waals surface area contributed by atoms with Gasteiger partial charge in [0.05, 0.1) is 13.2 Å². The molecule has 0 unspecified atom stereocenters. The van der Waals surface area contributed by atoms with Crippen LogP contribution in [-0.2, 0) is 17.8 Å². The van der Waals surface area contributed by atoms with Gasteiger partial charge in [0.1, 0.15) is 12.4 Å². The van der Waals surface area contributed by atoms with Crippen LogP contribution >= 0.6 is 0 Å². The maximum Gasteiger partial charge on any atom is 0.411 e. The summed E-state index contributed by atoms with van der Waals surface area (Å²) in [5.74, 6) is 1.34. The fourth-order valence-corrected chi connectivity index (χ4v) is 1.53. The summed E-state index contributed by atoms with van der Waals surface area (Å²) >= 11 is 0. The van der Waals surface area contributed by atoms with Gasteiger partial charge < -0.3 is 14.6 Å². The number of alkyl halides is 3. The highest BCUT2D eigenvalue weighted by Crippen LogP contribution is 2.14. The van der Waals surface area contributed by atoms with Crippen molar-refractivity contribution in [1.82, 2.24) is 14.9 Å². The Kier molecular flexibility index (Phi) is 6.30. The van der Waals surface area contributed by atoms with Crippen molar-refractivity contribution in [3.63, 3.8) is 0 Å². The molecule has 0 atom stereocenters. The van der Waals surface area contributed by atoms with Gasteiger partial charge in [-0.05, 0) is 12.5 Å². The first-order valence-electron chi connectivity index (χ1n) is 6.23. The Morgan fingerprint density at radius 2 is 2.16 bits per heavy atom. The molecule has 0 saturated carbocycles. The second kappa shape index (κ2) is 7.49. The van der Waals surface area contributed by atoms with Crippen LogP contribution in [0.3, 0.4) is 0 Å². The van der Waals surface area contributed by atoms with Gasteiger partial charge in [0.15, 0.2) is 0 Å². The molecule has 1 aromatic rings. The Hall–Kier alpha value is -1.08. The van der Waals surface area contributed by atoms with E-state index in [4.69, 9.17) is 0 Å². The summed E-state index contributed by atoms with van der Waals surface area (Å²) in [6.45, 7) is 4.86. The molecule has 19 heavy (non-hydrogen) atoms. The topological polar surface area (TPSA) is 39.1 Å². The fourth-order valence-electron chi connectivity index (χ4n) is 1.53. The number of halogens is 3. The molecule has 4 nitrogen and oxygen atoms in total. The minimum absolute atomic E-state index is 0.0209. The minimum Gasteiger partial charge on any atom is -0.370 e. The van der Waals surface area contributed by atoms with Crippen LogP contribution in [0.15, 0.2) is 12.4 Å². The predicted octanol–water partition coefficient (Wildman–Crippen LogP) is 2.21. The molecule has 7 heteroatoms. The quantitative estimate of drug-likeness (QED) is 0.742. The largest absolute Gasteiger partial charge is 0.411 e. The van der Waals surface area contributed by atoms with Gasteiger partial charge in [-0.3, -0.25) is 0 Å². The molecule has 0 spiro atoms. The molecule has 1 heterocycles. The van der Waals surface area contributed by atoms with E-state index >= 15 is 0 Å². The molecule has 0 bridgehead atoms. The number of nitrogens with zero attached hydrogens (tertiary/aromatic N) is 2. The van der Waals surface area contributed by atoms with E-state index < -0.39 is 12.8 Å². The first-order chi connectivity index (χ1) is 8.88. The average molecular weight is 279 g/mol. The summed E-state index contributed by atoms with van der Waals surface area (Å²) in [7, 11) is 0. The molecule has 0 aliphatic heterocycles. The van der Waals surface area contributed by atoms with E-state index in [0.717, 1.165) is 12.4 Å². The number of nitrogens with one attached hydrogen (secondary N) is 1. The average Bonchev–Trinajstić information content (AvgIpc) is 2.70. The van der Waals surface area contributed by atoms with Crippen LogP contribution in [0.1, 0.15) is 19.7 Å². The van der Waals surface area contributed by atoms with E-state index in [1.54, 1.807) is 17.0 Å². The van der Waals surface area contributed by atoms with Crippen LogP contribution in [0.25, 0.3) is 0 Å². The zero-order valence-electron chi connectivity index (χ0n) is 11.2. The monoisotopic (exact) mass is 279 g/mol. The van der Waals surface area contributed by atoms with Crippen LogP contribution in [-0.4, -0.2) is 35.5 Å². The Balaban J connectivity index is 2.28. The molecular formula is C12H20F3N3O. The van der Waals surface area contributed by atoms with Crippen LogP contribution < -0.4 is 5.32 Å². The molecule has 0 radical (unpaired) electrons. The molecule has 0 saturated heterocycles. The van der Waals surface area contributed by atoms with Crippen molar-refractivity contribution in [3.8, 4) is 0 Å². The van der Waals surface area contributed by atoms with Crippen molar-refractivity contribution in [3.05, 3.63) is 18.2 Å². The van der Waals surface area contributed by atoms with Crippen molar-refractivity contribution in [2.24, 2.45) is 5.92 Å². The normalized spacial score (nSPS) is 12.3. The third kappa shape index (κ3) is 7.17. The van der Waals surface area contributed by atoms with Gasteiger partial charge >= 0.3 is 6.18 Å². The van der Waals surface area contributed by atoms with Gasteiger partial charge in [0.25, 0.3) is 0 Å². The second-order valence-electron chi connectivity index (χ2n) is 4.73. The Morgan fingerprint density at radius 3 is 2.79 bits per heavy atom. The number of hydrogen-bond donors (Lipinski definition) is 1. The number of ether oxygens (including phenoxy) is 1. The molecule has 1 N–H and O–H groups in total. The lowest BCUT2D eigenvalue weighted by molar-refractivity contribution is -0.174. The van der Waals surface area contributed by atoms with Crippen molar-refractivity contribution in [2.75, 3.05) is 19.8 Å². The fraction of sp³-hybridized carbons (Fsp3) is 0.750. The molecular weight excluding hydrogens is 259 g/mol. The van der Waals surface area contributed by atoms with E-state index in [0.29, 0.717) is 19.0 Å². The van der Waals surface area contributed by atoms with E-state index in [1.807, 2.05) is 0 Å². The standard InChI is InChI=1S/C12H20F3N3O/c1-10(2)7-16-8-11-17-3-4-18(11)5-6-19-9-12(13,14)15/h3-4,10,16H,5-9H2,1-2H3. The predicted molar refractivity (Wildman–Crippen MR) is 65.6 cm³/mol. The molecule has 1 rings (SSSR count). The van der Waals surface area contributed by atoms with E-state index in [9.17, 15) is 13.2 Å². The molecule has 0 aliphatic carbocycles. The summed E-state index contributed by atoms with van der Waals surface area (Å²) in [6.07, 6.45) is -0.893. The highest BCUT2D eigenvalue weighted by Gasteiger charge is 2.27. The maximum absolute atomic E-state index is 11.9. The van der Waals surface area contributed by atoms with E-state index in [-0.39, 0.29) is 6.61 Å². The van der Waals surface area contributed by atoms with Crippen molar-refractivity contribution >= 4 is 0 Å². The molecule has 0 fully saturated rings. The summed E-state index contributed by atoms with van der Waals surface area (Å²) in [4.78, 5) is 4.16. The van der Waals surface area contributed by atoms with Crippen LogP contribution in [0, 0.1) is 5.92 Å². The lowest BCUT2D eigenvalue weighted by atomic mass is 10.2. The van der Waals surface area contributed by atoms with Crippen molar-refractivity contribution in [1.29, 1.82) is 0 Å². The third-order valence-electron chi connectivity index (χ3n) is 2.38. The van der Waals surface area contributed by atoms with E-state index in [2.05, 4.69) is 28.9 Å². The Bertz CT molecular complexity index is 363. The summed E-state index contributed by atoms with van der Waals surface area (Å²) in [5, 5.41) is 3.24. The first-order valence-corrected chi connectivity index (χ1v) is 6.23. The van der Waals surface area contributed by atoms with Gasteiger partial charge in [-0.2, -0.15) is 13.2 Å². The molecule has 0 aromatic carbocycles. The smallest absolute Gasteiger partial charge is 0.370 e. The highest BCUT2D eigenvalue weighted by molar-refractivity contribution is 4.91. The first kappa shape index (κ1) is 16.0. The second-order valence-corrected chi connectivity index (χ2v) is 4.73. The molecule has 0 aliphatic rings. The highest BCUT2D eigenvalue weighted by atomic mass is 19.4. The van der Waals surface area contributed by atoms with Crippen LogP contribution in [0.5, 0.6) is 0 Å². The summed E-state index contributed by atoms with van der Waals surface area (Å²) in [5.41, 5.74) is 0. The Labute approximate surface area is 111 Å². The van der Waals surface area contributed by atoms with Gasteiger partial charge in [0, 0.05) is 18.9 Å². The van der Waals surface area contributed by atoms with Gasteiger partial charge in [-0.25, -0.2) is 4.98 Å². The lowest BCUT2D eigenvalue weighted by Crippen LogP contribution is -2.23.